The molecular formula is C16H20N2OS3. The molecule has 0 spiro atoms. The van der Waals surface area contributed by atoms with E-state index in [1.54, 1.807) is 20.7 Å². The van der Waals surface area contributed by atoms with Gasteiger partial charge in [-0.05, 0) is 56.4 Å². The molecule has 1 aliphatic heterocycles. The summed E-state index contributed by atoms with van der Waals surface area (Å²) < 4.78 is 0.921. The fraction of sp³-hybridized carbons (Fsp3) is 0.438. The summed E-state index contributed by atoms with van der Waals surface area (Å²) in [6, 6.07) is 7.93. The van der Waals surface area contributed by atoms with Crippen molar-refractivity contribution < 1.29 is 5.11 Å². The smallest absolute Gasteiger partial charge is 0.120 e. The highest BCUT2D eigenvalue weighted by Gasteiger charge is 2.14. The second-order valence-electron chi connectivity index (χ2n) is 5.77. The first-order chi connectivity index (χ1) is 10.6. The van der Waals surface area contributed by atoms with E-state index in [-0.39, 0.29) is 0 Å². The first-order valence-electron chi connectivity index (χ1n) is 7.45. The van der Waals surface area contributed by atoms with Crippen molar-refractivity contribution in [3.63, 3.8) is 0 Å². The van der Waals surface area contributed by atoms with Crippen LogP contribution in [-0.4, -0.2) is 48.1 Å². The normalized spacial score (nSPS) is 17.5. The lowest BCUT2D eigenvalue weighted by Crippen LogP contribution is -2.28. The summed E-state index contributed by atoms with van der Waals surface area (Å²) in [5, 5.41) is 10.2. The first kappa shape index (κ1) is 16.1. The molecule has 1 aromatic carbocycles. The quantitative estimate of drug-likeness (QED) is 0.666. The van der Waals surface area contributed by atoms with Crippen molar-refractivity contribution >= 4 is 32.9 Å². The molecule has 1 N–H and O–H groups in total. The summed E-state index contributed by atoms with van der Waals surface area (Å²) in [6.07, 6.45) is 1.18. The van der Waals surface area contributed by atoms with Gasteiger partial charge in [0.2, 0.25) is 0 Å². The van der Waals surface area contributed by atoms with Gasteiger partial charge in [-0.3, -0.25) is 4.90 Å². The minimum atomic E-state index is 0.389. The molecule has 1 saturated heterocycles. The van der Waals surface area contributed by atoms with Crippen LogP contribution in [-0.2, 0) is 6.54 Å². The van der Waals surface area contributed by atoms with Gasteiger partial charge in [-0.1, -0.05) is 32.9 Å². The Bertz CT molecular complexity index is 695. The number of nitrogens with zero attached hydrogens (tertiary/aromatic N) is 2. The fourth-order valence-electron chi connectivity index (χ4n) is 2.74. The van der Waals surface area contributed by atoms with Crippen molar-refractivity contribution in [3.8, 4) is 16.2 Å². The van der Waals surface area contributed by atoms with Gasteiger partial charge in [0, 0.05) is 30.1 Å². The second-order valence-corrected chi connectivity index (χ2v) is 8.68. The van der Waals surface area contributed by atoms with Gasteiger partial charge < -0.3 is 10.0 Å². The second kappa shape index (κ2) is 7.19. The van der Waals surface area contributed by atoms with E-state index < -0.39 is 0 Å². The SMILES string of the molecule is CN1CCCN(Cc2cc(-c3cc(=S)ss3)ccc2O)CC1. The standard InChI is InChI=1S/C16H20N2OS3/c1-17-5-2-6-18(8-7-17)11-13-9-12(3-4-14(13)19)15-10-16(20)22-21-15/h3-4,9-10,19H,2,5-8,11H2,1H3. The van der Waals surface area contributed by atoms with E-state index in [1.165, 1.54) is 11.3 Å². The van der Waals surface area contributed by atoms with E-state index in [1.807, 2.05) is 18.2 Å². The maximum atomic E-state index is 10.2. The molecule has 118 valence electrons. The Morgan fingerprint density at radius 2 is 2.00 bits per heavy atom. The molecule has 0 saturated carbocycles. The number of phenols is 1. The minimum Gasteiger partial charge on any atom is -0.508 e. The molecule has 22 heavy (non-hydrogen) atoms. The van der Waals surface area contributed by atoms with Crippen LogP contribution in [0.25, 0.3) is 10.4 Å². The summed E-state index contributed by atoms with van der Waals surface area (Å²) >= 11 is 5.22. The first-order valence-corrected chi connectivity index (χ1v) is 10.0. The molecule has 0 unspecified atom stereocenters. The van der Waals surface area contributed by atoms with Gasteiger partial charge in [0.1, 0.15) is 9.57 Å². The van der Waals surface area contributed by atoms with Crippen LogP contribution < -0.4 is 0 Å². The van der Waals surface area contributed by atoms with Crippen LogP contribution in [0.1, 0.15) is 12.0 Å². The molecule has 1 fully saturated rings. The highest BCUT2D eigenvalue weighted by atomic mass is 32.9. The highest BCUT2D eigenvalue weighted by molar-refractivity contribution is 7.80. The number of hydrogen-bond donors (Lipinski definition) is 1. The largest absolute Gasteiger partial charge is 0.508 e. The molecule has 1 aliphatic rings. The number of aromatic hydroxyl groups is 1. The Balaban J connectivity index is 1.79. The van der Waals surface area contributed by atoms with Gasteiger partial charge in [-0.15, -0.1) is 0 Å². The van der Waals surface area contributed by atoms with Crippen LogP contribution in [0.15, 0.2) is 24.3 Å². The van der Waals surface area contributed by atoms with Crippen molar-refractivity contribution in [2.24, 2.45) is 0 Å². The van der Waals surface area contributed by atoms with E-state index in [0.717, 1.165) is 47.7 Å². The molecule has 0 amide bonds. The van der Waals surface area contributed by atoms with Crippen LogP contribution >= 0.6 is 32.9 Å². The maximum Gasteiger partial charge on any atom is 0.120 e. The summed E-state index contributed by atoms with van der Waals surface area (Å²) in [7, 11) is 5.50. The van der Waals surface area contributed by atoms with E-state index in [4.69, 9.17) is 12.2 Å². The van der Waals surface area contributed by atoms with Gasteiger partial charge in [0.25, 0.3) is 0 Å². The summed E-state index contributed by atoms with van der Waals surface area (Å²) in [5.74, 6) is 0.389. The lowest BCUT2D eigenvalue weighted by molar-refractivity contribution is 0.266. The van der Waals surface area contributed by atoms with Crippen LogP contribution in [0.5, 0.6) is 5.75 Å². The van der Waals surface area contributed by atoms with Crippen LogP contribution in [0.3, 0.4) is 0 Å². The Morgan fingerprint density at radius 1 is 1.14 bits per heavy atom. The molecule has 1 aromatic heterocycles. The van der Waals surface area contributed by atoms with Crippen molar-refractivity contribution in [1.29, 1.82) is 0 Å². The Labute approximate surface area is 143 Å². The van der Waals surface area contributed by atoms with E-state index in [2.05, 4.69) is 22.9 Å². The fourth-order valence-corrected chi connectivity index (χ4v) is 5.13. The molecule has 2 aromatic rings. The number of hydrogen-bond acceptors (Lipinski definition) is 6. The molecule has 0 radical (unpaired) electrons. The van der Waals surface area contributed by atoms with Crippen molar-refractivity contribution in [2.75, 3.05) is 33.2 Å². The topological polar surface area (TPSA) is 26.7 Å². The van der Waals surface area contributed by atoms with Gasteiger partial charge >= 0.3 is 0 Å². The van der Waals surface area contributed by atoms with Gasteiger partial charge in [-0.2, -0.15) is 0 Å². The number of likely N-dealkylation sites (N-methyl/N-ethyl adjacent to an activating group) is 1. The van der Waals surface area contributed by atoms with Gasteiger partial charge in [-0.25, -0.2) is 0 Å². The van der Waals surface area contributed by atoms with Crippen molar-refractivity contribution in [2.45, 2.75) is 13.0 Å². The van der Waals surface area contributed by atoms with Crippen LogP contribution in [0.4, 0.5) is 0 Å². The third-order valence-electron chi connectivity index (χ3n) is 4.03. The van der Waals surface area contributed by atoms with Crippen molar-refractivity contribution in [3.05, 3.63) is 33.7 Å². The van der Waals surface area contributed by atoms with E-state index in [9.17, 15) is 5.11 Å². The zero-order chi connectivity index (χ0) is 15.5. The number of benzene rings is 1. The van der Waals surface area contributed by atoms with Crippen LogP contribution in [0, 0.1) is 3.82 Å². The lowest BCUT2D eigenvalue weighted by Gasteiger charge is -2.21. The number of rotatable bonds is 3. The zero-order valence-electron chi connectivity index (χ0n) is 12.6. The van der Waals surface area contributed by atoms with Crippen LogP contribution in [0.2, 0.25) is 0 Å². The lowest BCUT2D eigenvalue weighted by atomic mass is 10.1. The summed E-state index contributed by atoms with van der Waals surface area (Å²) in [4.78, 5) is 5.98. The molecule has 2 heterocycles. The highest BCUT2D eigenvalue weighted by Crippen LogP contribution is 2.32. The molecular weight excluding hydrogens is 332 g/mol. The Morgan fingerprint density at radius 3 is 2.77 bits per heavy atom. The summed E-state index contributed by atoms with van der Waals surface area (Å²) in [6.45, 7) is 5.19. The average molecular weight is 353 g/mol. The molecule has 0 atom stereocenters. The predicted molar refractivity (Wildman–Crippen MR) is 97.5 cm³/mol. The Kier molecular flexibility index (Phi) is 5.25. The molecule has 6 heteroatoms. The maximum absolute atomic E-state index is 10.2. The molecule has 0 aliphatic carbocycles. The third-order valence-corrected chi connectivity index (χ3v) is 6.94. The minimum absolute atomic E-state index is 0.389. The predicted octanol–water partition coefficient (Wildman–Crippen LogP) is 4.05. The molecule has 0 bridgehead atoms. The Hall–Kier alpha value is -0.790. The molecule has 3 nitrogen and oxygen atoms in total. The average Bonchev–Trinajstić information content (AvgIpc) is 2.82. The molecule has 3 rings (SSSR count). The van der Waals surface area contributed by atoms with Gasteiger partial charge in [0.15, 0.2) is 0 Å². The van der Waals surface area contributed by atoms with Crippen molar-refractivity contribution in [1.82, 2.24) is 9.80 Å². The number of phenolic OH excluding ortho intramolecular Hbond substituents is 1. The summed E-state index contributed by atoms with van der Waals surface area (Å²) in [5.41, 5.74) is 2.16. The zero-order valence-corrected chi connectivity index (χ0v) is 15.1. The van der Waals surface area contributed by atoms with Gasteiger partial charge in [0.05, 0.1) is 0 Å². The monoisotopic (exact) mass is 352 g/mol. The van der Waals surface area contributed by atoms with E-state index in [0.29, 0.717) is 5.75 Å². The van der Waals surface area contributed by atoms with E-state index >= 15 is 0 Å². The third kappa shape index (κ3) is 3.94.